The maximum Gasteiger partial charge on any atom is 0.314 e. The molecule has 0 spiro atoms. The zero-order valence-electron chi connectivity index (χ0n) is 14.7. The van der Waals surface area contributed by atoms with Crippen molar-refractivity contribution in [2.45, 2.75) is 57.9 Å². The molecule has 1 aliphatic carbocycles. The van der Waals surface area contributed by atoms with Gasteiger partial charge < -0.3 is 20.7 Å². The third-order valence-electron chi connectivity index (χ3n) is 5.72. The quantitative estimate of drug-likeness (QED) is 0.871. The van der Waals surface area contributed by atoms with Crippen molar-refractivity contribution in [3.63, 3.8) is 0 Å². The van der Waals surface area contributed by atoms with Crippen molar-refractivity contribution in [2.75, 3.05) is 13.1 Å². The Bertz CT molecular complexity index is 553. The van der Waals surface area contributed by atoms with Crippen LogP contribution in [0.25, 0.3) is 0 Å². The van der Waals surface area contributed by atoms with Crippen LogP contribution in [0.3, 0.4) is 0 Å². The van der Waals surface area contributed by atoms with E-state index in [2.05, 4.69) is 31.3 Å². The topological polar surface area (TPSA) is 67.6 Å². The fourth-order valence-electron chi connectivity index (χ4n) is 3.77. The highest BCUT2D eigenvalue weighted by Gasteiger charge is 2.49. The number of carbonyl (C=O) groups is 1. The van der Waals surface area contributed by atoms with E-state index in [4.69, 9.17) is 10.5 Å². The molecule has 1 heterocycles. The molecule has 1 saturated carbocycles. The highest BCUT2D eigenvalue weighted by atomic mass is 16.5. The van der Waals surface area contributed by atoms with Gasteiger partial charge in [0, 0.05) is 30.6 Å². The van der Waals surface area contributed by atoms with Crippen molar-refractivity contribution in [3.8, 4) is 0 Å². The number of urea groups is 1. The highest BCUT2D eigenvalue weighted by molar-refractivity contribution is 5.72. The summed E-state index contributed by atoms with van der Waals surface area (Å²) in [6, 6.07) is 11.0. The smallest absolute Gasteiger partial charge is 0.314 e. The van der Waals surface area contributed by atoms with Gasteiger partial charge >= 0.3 is 6.03 Å². The van der Waals surface area contributed by atoms with Crippen LogP contribution in [0.1, 0.15) is 38.7 Å². The summed E-state index contributed by atoms with van der Waals surface area (Å²) in [4.78, 5) is 12.9. The molecule has 5 nitrogen and oxygen atoms in total. The molecule has 1 saturated heterocycles. The molecule has 3 rings (SSSR count). The first-order chi connectivity index (χ1) is 11.5. The van der Waals surface area contributed by atoms with E-state index in [1.54, 1.807) is 4.90 Å². The Kier molecular flexibility index (Phi) is 5.11. The Balaban J connectivity index is 1.43. The summed E-state index contributed by atoms with van der Waals surface area (Å²) in [5, 5.41) is 3.77. The SMILES string of the molecule is CC1(C)[C@@H](NC2CCN(C(N)=O)CC2)C[C@@H]1OCc1ccccc1. The summed E-state index contributed by atoms with van der Waals surface area (Å²) >= 11 is 0. The Morgan fingerprint density at radius 1 is 1.29 bits per heavy atom. The van der Waals surface area contributed by atoms with Crippen LogP contribution in [0.4, 0.5) is 4.79 Å². The zero-order valence-corrected chi connectivity index (χ0v) is 14.7. The number of benzene rings is 1. The molecule has 132 valence electrons. The number of nitrogens with two attached hydrogens (primary N) is 1. The van der Waals surface area contributed by atoms with Gasteiger partial charge in [-0.25, -0.2) is 4.79 Å². The average molecular weight is 331 g/mol. The third kappa shape index (κ3) is 3.73. The van der Waals surface area contributed by atoms with Crippen LogP contribution < -0.4 is 11.1 Å². The molecule has 0 radical (unpaired) electrons. The summed E-state index contributed by atoms with van der Waals surface area (Å²) < 4.78 is 6.14. The van der Waals surface area contributed by atoms with E-state index < -0.39 is 0 Å². The van der Waals surface area contributed by atoms with Crippen LogP contribution in [0.2, 0.25) is 0 Å². The van der Waals surface area contributed by atoms with E-state index in [1.807, 2.05) is 18.2 Å². The second-order valence-corrected chi connectivity index (χ2v) is 7.66. The Morgan fingerprint density at radius 3 is 2.54 bits per heavy atom. The molecule has 5 heteroatoms. The second kappa shape index (κ2) is 7.11. The molecule has 1 aliphatic heterocycles. The number of likely N-dealkylation sites (tertiary alicyclic amines) is 1. The predicted octanol–water partition coefficient (Wildman–Crippen LogP) is 2.50. The molecular weight excluding hydrogens is 302 g/mol. The molecule has 2 fully saturated rings. The van der Waals surface area contributed by atoms with Gasteiger partial charge in [-0.2, -0.15) is 0 Å². The first kappa shape index (κ1) is 17.2. The zero-order chi connectivity index (χ0) is 17.2. The normalized spacial score (nSPS) is 26.8. The maximum absolute atomic E-state index is 11.2. The standard InChI is InChI=1S/C19H29N3O2/c1-19(2)16(21-15-8-10-22(11-9-15)18(20)23)12-17(19)24-13-14-6-4-3-5-7-14/h3-7,15-17,21H,8-13H2,1-2H3,(H2,20,23)/t16-,17-/m0/s1. The van der Waals surface area contributed by atoms with Gasteiger partial charge in [-0.15, -0.1) is 0 Å². The Morgan fingerprint density at radius 2 is 1.96 bits per heavy atom. The Hall–Kier alpha value is -1.59. The largest absolute Gasteiger partial charge is 0.373 e. The van der Waals surface area contributed by atoms with Crippen molar-refractivity contribution in [3.05, 3.63) is 35.9 Å². The van der Waals surface area contributed by atoms with Gasteiger partial charge in [0.2, 0.25) is 0 Å². The molecule has 2 aliphatic rings. The minimum absolute atomic E-state index is 0.135. The number of piperidine rings is 1. The van der Waals surface area contributed by atoms with E-state index in [0.29, 0.717) is 24.8 Å². The third-order valence-corrected chi connectivity index (χ3v) is 5.72. The molecule has 1 aromatic carbocycles. The number of ether oxygens (including phenoxy) is 1. The van der Waals surface area contributed by atoms with Crippen molar-refractivity contribution in [1.82, 2.24) is 10.2 Å². The van der Waals surface area contributed by atoms with Crippen LogP contribution >= 0.6 is 0 Å². The fourth-order valence-corrected chi connectivity index (χ4v) is 3.77. The van der Waals surface area contributed by atoms with E-state index in [-0.39, 0.29) is 11.4 Å². The minimum atomic E-state index is -0.299. The molecular formula is C19H29N3O2. The summed E-state index contributed by atoms with van der Waals surface area (Å²) in [7, 11) is 0. The van der Waals surface area contributed by atoms with Gasteiger partial charge in [0.1, 0.15) is 0 Å². The van der Waals surface area contributed by atoms with Gasteiger partial charge in [0.25, 0.3) is 0 Å². The van der Waals surface area contributed by atoms with Crippen LogP contribution in [-0.2, 0) is 11.3 Å². The predicted molar refractivity (Wildman–Crippen MR) is 94.5 cm³/mol. The first-order valence-corrected chi connectivity index (χ1v) is 8.93. The fraction of sp³-hybridized carbons (Fsp3) is 0.632. The summed E-state index contributed by atoms with van der Waals surface area (Å²) in [6.45, 7) is 6.76. The average Bonchev–Trinajstić information content (AvgIpc) is 2.58. The van der Waals surface area contributed by atoms with Crippen LogP contribution in [0.15, 0.2) is 30.3 Å². The van der Waals surface area contributed by atoms with E-state index in [0.717, 1.165) is 32.4 Å². The molecule has 24 heavy (non-hydrogen) atoms. The minimum Gasteiger partial charge on any atom is -0.373 e. The van der Waals surface area contributed by atoms with E-state index in [9.17, 15) is 4.79 Å². The van der Waals surface area contributed by atoms with Gasteiger partial charge in [0.05, 0.1) is 12.7 Å². The molecule has 0 unspecified atom stereocenters. The van der Waals surface area contributed by atoms with Crippen molar-refractivity contribution in [1.29, 1.82) is 0 Å². The maximum atomic E-state index is 11.2. The Labute approximate surface area is 144 Å². The molecule has 0 aromatic heterocycles. The van der Waals surface area contributed by atoms with Crippen molar-refractivity contribution < 1.29 is 9.53 Å². The summed E-state index contributed by atoms with van der Waals surface area (Å²) in [5.41, 5.74) is 6.70. The lowest BCUT2D eigenvalue weighted by Crippen LogP contribution is -2.63. The monoisotopic (exact) mass is 331 g/mol. The summed E-state index contributed by atoms with van der Waals surface area (Å²) in [6.07, 6.45) is 3.30. The van der Waals surface area contributed by atoms with Gasteiger partial charge in [-0.1, -0.05) is 44.2 Å². The number of hydrogen-bond donors (Lipinski definition) is 2. The molecule has 1 aromatic rings. The van der Waals surface area contributed by atoms with Crippen molar-refractivity contribution >= 4 is 6.03 Å². The number of nitrogens with zero attached hydrogens (tertiary/aromatic N) is 1. The second-order valence-electron chi connectivity index (χ2n) is 7.66. The lowest BCUT2D eigenvalue weighted by Gasteiger charge is -2.53. The van der Waals surface area contributed by atoms with Gasteiger partial charge in [-0.3, -0.25) is 0 Å². The molecule has 3 N–H and O–H groups in total. The number of nitrogens with one attached hydrogen (secondary N) is 1. The molecule has 2 amide bonds. The highest BCUT2D eigenvalue weighted by Crippen LogP contribution is 2.43. The van der Waals surface area contributed by atoms with E-state index >= 15 is 0 Å². The number of amides is 2. The van der Waals surface area contributed by atoms with Gasteiger partial charge in [-0.05, 0) is 24.8 Å². The van der Waals surface area contributed by atoms with Crippen molar-refractivity contribution in [2.24, 2.45) is 11.1 Å². The molecule has 2 atom stereocenters. The molecule has 0 bridgehead atoms. The van der Waals surface area contributed by atoms with Crippen LogP contribution in [0, 0.1) is 5.41 Å². The number of rotatable bonds is 5. The summed E-state index contributed by atoms with van der Waals surface area (Å²) in [5.74, 6) is 0. The van der Waals surface area contributed by atoms with E-state index in [1.165, 1.54) is 5.56 Å². The number of carbonyl (C=O) groups excluding carboxylic acids is 1. The van der Waals surface area contributed by atoms with Crippen LogP contribution in [-0.4, -0.2) is 42.2 Å². The van der Waals surface area contributed by atoms with Gasteiger partial charge in [0.15, 0.2) is 0 Å². The lowest BCUT2D eigenvalue weighted by atomic mass is 9.64. The van der Waals surface area contributed by atoms with Crippen LogP contribution in [0.5, 0.6) is 0 Å². The number of primary amides is 1. The first-order valence-electron chi connectivity index (χ1n) is 8.93. The lowest BCUT2D eigenvalue weighted by molar-refractivity contribution is -0.127. The number of hydrogen-bond acceptors (Lipinski definition) is 3.